The highest BCUT2D eigenvalue weighted by Crippen LogP contribution is 2.31. The van der Waals surface area contributed by atoms with Crippen molar-refractivity contribution in [1.82, 2.24) is 5.32 Å². The quantitative estimate of drug-likeness (QED) is 0.737. The number of carbonyl (C=O) groups is 1. The summed E-state index contributed by atoms with van der Waals surface area (Å²) in [6.45, 7) is 6.18. The molecule has 110 valence electrons. The van der Waals surface area contributed by atoms with Gasteiger partial charge >= 0.3 is 0 Å². The molecule has 3 N–H and O–H groups in total. The SMILES string of the molecule is CCC1CCCCC1NC(=O)C(CC)(CC)C(N)=S. The molecule has 0 aromatic rings. The van der Waals surface area contributed by atoms with E-state index in [4.69, 9.17) is 18.0 Å². The average Bonchev–Trinajstić information content (AvgIpc) is 2.41. The van der Waals surface area contributed by atoms with Crippen LogP contribution in [0.1, 0.15) is 65.7 Å². The van der Waals surface area contributed by atoms with E-state index < -0.39 is 5.41 Å². The molecule has 1 fully saturated rings. The second kappa shape index (κ2) is 7.22. The lowest BCUT2D eigenvalue weighted by Gasteiger charge is -2.36. The van der Waals surface area contributed by atoms with Crippen LogP contribution in [0.15, 0.2) is 0 Å². The lowest BCUT2D eigenvalue weighted by Crippen LogP contribution is -2.53. The van der Waals surface area contributed by atoms with Gasteiger partial charge in [-0.2, -0.15) is 0 Å². The topological polar surface area (TPSA) is 55.1 Å². The third-order valence-electron chi connectivity index (χ3n) is 4.86. The van der Waals surface area contributed by atoms with Gasteiger partial charge in [-0.3, -0.25) is 4.79 Å². The second-order valence-electron chi connectivity index (χ2n) is 5.69. The molecule has 0 aromatic carbocycles. The first-order valence-electron chi connectivity index (χ1n) is 7.62. The molecule has 0 radical (unpaired) electrons. The Balaban J connectivity index is 2.78. The van der Waals surface area contributed by atoms with Gasteiger partial charge in [0, 0.05) is 6.04 Å². The normalized spacial score (nSPS) is 23.9. The summed E-state index contributed by atoms with van der Waals surface area (Å²) < 4.78 is 0. The van der Waals surface area contributed by atoms with E-state index in [1.54, 1.807) is 0 Å². The molecule has 4 heteroatoms. The lowest BCUT2D eigenvalue weighted by molar-refractivity contribution is -0.129. The molecular formula is C15H28N2OS. The van der Waals surface area contributed by atoms with Gasteiger partial charge in [0.15, 0.2) is 0 Å². The van der Waals surface area contributed by atoms with E-state index in [0.717, 1.165) is 12.8 Å². The third-order valence-corrected chi connectivity index (χ3v) is 5.25. The van der Waals surface area contributed by atoms with Crippen molar-refractivity contribution in [2.75, 3.05) is 0 Å². The van der Waals surface area contributed by atoms with Gasteiger partial charge in [-0.15, -0.1) is 0 Å². The van der Waals surface area contributed by atoms with Gasteiger partial charge in [-0.1, -0.05) is 52.3 Å². The van der Waals surface area contributed by atoms with Crippen molar-refractivity contribution in [2.24, 2.45) is 17.1 Å². The maximum atomic E-state index is 12.6. The Morgan fingerprint density at radius 3 is 2.32 bits per heavy atom. The van der Waals surface area contributed by atoms with Gasteiger partial charge in [0.25, 0.3) is 0 Å². The molecule has 1 aliphatic rings. The van der Waals surface area contributed by atoms with Crippen LogP contribution in [0.2, 0.25) is 0 Å². The number of carbonyl (C=O) groups excluding carboxylic acids is 1. The zero-order valence-electron chi connectivity index (χ0n) is 12.5. The van der Waals surface area contributed by atoms with Crippen LogP contribution in [0.4, 0.5) is 0 Å². The molecule has 19 heavy (non-hydrogen) atoms. The van der Waals surface area contributed by atoms with Crippen LogP contribution in [0, 0.1) is 11.3 Å². The summed E-state index contributed by atoms with van der Waals surface area (Å²) in [5.41, 5.74) is 5.17. The molecule has 1 rings (SSSR count). The first kappa shape index (κ1) is 16.4. The van der Waals surface area contributed by atoms with Crippen molar-refractivity contribution in [3.05, 3.63) is 0 Å². The lowest BCUT2D eigenvalue weighted by atomic mass is 9.78. The van der Waals surface area contributed by atoms with Crippen LogP contribution in [0.3, 0.4) is 0 Å². The fourth-order valence-corrected chi connectivity index (χ4v) is 3.61. The van der Waals surface area contributed by atoms with Crippen LogP contribution in [-0.2, 0) is 4.79 Å². The van der Waals surface area contributed by atoms with E-state index in [1.807, 2.05) is 13.8 Å². The molecule has 1 saturated carbocycles. The number of nitrogens with two attached hydrogens (primary N) is 1. The zero-order valence-corrected chi connectivity index (χ0v) is 13.3. The maximum Gasteiger partial charge on any atom is 0.233 e. The summed E-state index contributed by atoms with van der Waals surface area (Å²) in [6, 6.07) is 0.304. The molecule has 0 spiro atoms. The highest BCUT2D eigenvalue weighted by molar-refractivity contribution is 7.80. The highest BCUT2D eigenvalue weighted by atomic mass is 32.1. The van der Waals surface area contributed by atoms with Crippen LogP contribution in [-0.4, -0.2) is 16.9 Å². The Morgan fingerprint density at radius 1 is 1.26 bits per heavy atom. The van der Waals surface area contributed by atoms with Crippen LogP contribution in [0.5, 0.6) is 0 Å². The number of hydrogen-bond donors (Lipinski definition) is 2. The zero-order chi connectivity index (χ0) is 14.5. The first-order chi connectivity index (χ1) is 9.01. The molecule has 0 aromatic heterocycles. The smallest absolute Gasteiger partial charge is 0.233 e. The van der Waals surface area contributed by atoms with Crippen LogP contribution < -0.4 is 11.1 Å². The number of rotatable bonds is 6. The molecular weight excluding hydrogens is 256 g/mol. The minimum Gasteiger partial charge on any atom is -0.392 e. The molecule has 2 unspecified atom stereocenters. The van der Waals surface area contributed by atoms with Crippen molar-refractivity contribution < 1.29 is 4.79 Å². The minimum absolute atomic E-state index is 0.0374. The molecule has 1 aliphatic carbocycles. The Labute approximate surface area is 122 Å². The average molecular weight is 284 g/mol. The molecule has 0 aliphatic heterocycles. The van der Waals surface area contributed by atoms with E-state index in [0.29, 0.717) is 29.8 Å². The fraction of sp³-hybridized carbons (Fsp3) is 0.867. The summed E-state index contributed by atoms with van der Waals surface area (Å²) >= 11 is 5.15. The Morgan fingerprint density at radius 2 is 1.84 bits per heavy atom. The maximum absolute atomic E-state index is 12.6. The Bertz CT molecular complexity index is 326. The van der Waals surface area contributed by atoms with Crippen molar-refractivity contribution in [1.29, 1.82) is 0 Å². The number of hydrogen-bond acceptors (Lipinski definition) is 2. The summed E-state index contributed by atoms with van der Waals surface area (Å²) in [5.74, 6) is 0.644. The van der Waals surface area contributed by atoms with Crippen molar-refractivity contribution in [3.63, 3.8) is 0 Å². The number of thiocarbonyl (C=S) groups is 1. The van der Waals surface area contributed by atoms with Crippen molar-refractivity contribution in [3.8, 4) is 0 Å². The van der Waals surface area contributed by atoms with Gasteiger partial charge in [0.2, 0.25) is 5.91 Å². The Hall–Kier alpha value is -0.640. The standard InChI is InChI=1S/C15H28N2OS/c1-4-11-9-7-8-10-12(11)17-14(18)15(5-2,6-3)13(16)19/h11-12H,4-10H2,1-3H3,(H2,16,19)(H,17,18). The molecule has 3 nitrogen and oxygen atoms in total. The van der Waals surface area contributed by atoms with E-state index in [1.165, 1.54) is 19.3 Å². The van der Waals surface area contributed by atoms with E-state index >= 15 is 0 Å². The largest absolute Gasteiger partial charge is 0.392 e. The number of nitrogens with one attached hydrogen (secondary N) is 1. The summed E-state index contributed by atoms with van der Waals surface area (Å²) in [7, 11) is 0. The van der Waals surface area contributed by atoms with Gasteiger partial charge in [0.05, 0.1) is 10.4 Å². The monoisotopic (exact) mass is 284 g/mol. The second-order valence-corrected chi connectivity index (χ2v) is 6.13. The molecule has 0 bridgehead atoms. The van der Waals surface area contributed by atoms with Gasteiger partial charge in [-0.05, 0) is 31.6 Å². The van der Waals surface area contributed by atoms with Gasteiger partial charge < -0.3 is 11.1 Å². The van der Waals surface area contributed by atoms with Crippen LogP contribution in [0.25, 0.3) is 0 Å². The molecule has 2 atom stereocenters. The predicted molar refractivity (Wildman–Crippen MR) is 84.0 cm³/mol. The van der Waals surface area contributed by atoms with Crippen LogP contribution >= 0.6 is 12.2 Å². The first-order valence-corrected chi connectivity index (χ1v) is 8.03. The molecule has 0 saturated heterocycles. The summed E-state index contributed by atoms with van der Waals surface area (Å²) in [5, 5.41) is 3.24. The van der Waals surface area contributed by atoms with Crippen molar-refractivity contribution in [2.45, 2.75) is 71.8 Å². The van der Waals surface area contributed by atoms with Crippen molar-refractivity contribution >= 4 is 23.1 Å². The summed E-state index contributed by atoms with van der Waals surface area (Å²) in [4.78, 5) is 13.0. The van der Waals surface area contributed by atoms with Gasteiger partial charge in [-0.25, -0.2) is 0 Å². The predicted octanol–water partition coefficient (Wildman–Crippen LogP) is 3.16. The number of amides is 1. The minimum atomic E-state index is -0.662. The third kappa shape index (κ3) is 3.47. The fourth-order valence-electron chi connectivity index (χ4n) is 3.22. The molecule has 1 amide bonds. The van der Waals surface area contributed by atoms with E-state index in [-0.39, 0.29) is 5.91 Å². The van der Waals surface area contributed by atoms with Gasteiger partial charge in [0.1, 0.15) is 0 Å². The summed E-state index contributed by atoms with van der Waals surface area (Å²) in [6.07, 6.45) is 7.28. The molecule has 0 heterocycles. The Kier molecular flexibility index (Phi) is 6.24. The van der Waals surface area contributed by atoms with E-state index in [9.17, 15) is 4.79 Å². The van der Waals surface area contributed by atoms with E-state index in [2.05, 4.69) is 12.2 Å². The highest BCUT2D eigenvalue weighted by Gasteiger charge is 2.39.